The van der Waals surface area contributed by atoms with E-state index in [4.69, 9.17) is 4.74 Å². The molecule has 5 heteroatoms. The molecule has 0 amide bonds. The molecular formula is C21H34N4O. The third-order valence-electron chi connectivity index (χ3n) is 4.28. The van der Waals surface area contributed by atoms with Crippen molar-refractivity contribution >= 4 is 11.6 Å². The Labute approximate surface area is 158 Å². The highest BCUT2D eigenvalue weighted by Gasteiger charge is 2.06. The van der Waals surface area contributed by atoms with Gasteiger partial charge in [0, 0.05) is 45.1 Å². The smallest absolute Gasteiger partial charge is 0.191 e. The molecule has 2 rings (SSSR count). The van der Waals surface area contributed by atoms with Crippen molar-refractivity contribution in [3.8, 4) is 0 Å². The molecule has 26 heavy (non-hydrogen) atoms. The maximum atomic E-state index is 5.59. The molecule has 1 aliphatic heterocycles. The number of hydrogen-bond donors (Lipinski definition) is 2. The molecule has 1 aromatic rings. The normalized spacial score (nSPS) is 14.1. The number of guanidine groups is 1. The first-order valence-corrected chi connectivity index (χ1v) is 9.92. The molecule has 0 fully saturated rings. The maximum absolute atomic E-state index is 5.59. The largest absolute Gasteiger partial charge is 0.381 e. The predicted molar refractivity (Wildman–Crippen MR) is 111 cm³/mol. The fourth-order valence-electron chi connectivity index (χ4n) is 2.74. The summed E-state index contributed by atoms with van der Waals surface area (Å²) in [7, 11) is 0. The van der Waals surface area contributed by atoms with Gasteiger partial charge in [0.05, 0.1) is 6.54 Å². The minimum absolute atomic E-state index is 0.681. The minimum Gasteiger partial charge on any atom is -0.381 e. The Bertz CT molecular complexity index is 546. The molecule has 1 aliphatic rings. The average molecular weight is 359 g/mol. The Hall–Kier alpha value is -2.01. The van der Waals surface area contributed by atoms with Gasteiger partial charge in [-0.25, -0.2) is 4.99 Å². The summed E-state index contributed by atoms with van der Waals surface area (Å²) in [5.74, 6) is 0.869. The van der Waals surface area contributed by atoms with Gasteiger partial charge in [-0.15, -0.1) is 0 Å². The monoisotopic (exact) mass is 358 g/mol. The van der Waals surface area contributed by atoms with E-state index in [1.807, 2.05) is 0 Å². The average Bonchev–Trinajstić information content (AvgIpc) is 3.20. The van der Waals surface area contributed by atoms with Crippen LogP contribution in [0.3, 0.4) is 0 Å². The molecule has 0 saturated heterocycles. The van der Waals surface area contributed by atoms with Crippen molar-refractivity contribution in [2.75, 3.05) is 44.3 Å². The molecule has 1 aromatic carbocycles. The Morgan fingerprint density at radius 1 is 1.04 bits per heavy atom. The summed E-state index contributed by atoms with van der Waals surface area (Å²) >= 11 is 0. The van der Waals surface area contributed by atoms with Gasteiger partial charge in [0.15, 0.2) is 5.96 Å². The van der Waals surface area contributed by atoms with Crippen molar-refractivity contribution in [2.45, 2.75) is 39.7 Å². The zero-order valence-corrected chi connectivity index (χ0v) is 16.3. The van der Waals surface area contributed by atoms with Crippen LogP contribution in [-0.2, 0) is 11.3 Å². The van der Waals surface area contributed by atoms with E-state index in [1.54, 1.807) is 0 Å². The van der Waals surface area contributed by atoms with E-state index in [9.17, 15) is 0 Å². The van der Waals surface area contributed by atoms with E-state index in [-0.39, 0.29) is 0 Å². The lowest BCUT2D eigenvalue weighted by Gasteiger charge is -2.17. The van der Waals surface area contributed by atoms with Gasteiger partial charge < -0.3 is 20.3 Å². The van der Waals surface area contributed by atoms with Gasteiger partial charge in [0.2, 0.25) is 0 Å². The summed E-state index contributed by atoms with van der Waals surface area (Å²) in [6, 6.07) is 8.71. The van der Waals surface area contributed by atoms with Crippen LogP contribution in [-0.4, -0.2) is 45.4 Å². The van der Waals surface area contributed by atoms with E-state index in [0.29, 0.717) is 6.54 Å². The number of ether oxygens (including phenoxy) is 1. The number of nitrogens with zero attached hydrogens (tertiary/aromatic N) is 2. The van der Waals surface area contributed by atoms with Gasteiger partial charge in [-0.1, -0.05) is 37.6 Å². The fourth-order valence-corrected chi connectivity index (χ4v) is 2.74. The Balaban J connectivity index is 1.73. The van der Waals surface area contributed by atoms with E-state index < -0.39 is 0 Å². The van der Waals surface area contributed by atoms with Crippen molar-refractivity contribution in [3.05, 3.63) is 42.0 Å². The molecule has 0 spiro atoms. The molecule has 0 saturated carbocycles. The van der Waals surface area contributed by atoms with Gasteiger partial charge in [0.1, 0.15) is 0 Å². The third kappa shape index (κ3) is 7.48. The van der Waals surface area contributed by atoms with Crippen LogP contribution >= 0.6 is 0 Å². The molecular weight excluding hydrogens is 324 g/mol. The number of anilines is 1. The Morgan fingerprint density at radius 3 is 2.46 bits per heavy atom. The summed E-state index contributed by atoms with van der Waals surface area (Å²) in [5, 5.41) is 6.68. The highest BCUT2D eigenvalue weighted by atomic mass is 16.5. The van der Waals surface area contributed by atoms with Crippen molar-refractivity contribution in [1.82, 2.24) is 10.6 Å². The second kappa shape index (κ2) is 12.4. The molecule has 0 bridgehead atoms. The fraction of sp³-hybridized carbons (Fsp3) is 0.571. The van der Waals surface area contributed by atoms with Crippen LogP contribution in [0.15, 0.2) is 41.4 Å². The molecule has 2 N–H and O–H groups in total. The van der Waals surface area contributed by atoms with Crippen LogP contribution in [0.2, 0.25) is 0 Å². The SMILES string of the molecule is CCCCOCCCNC(=NCc1ccc(N2CC=CC2)cc1)NCC. The number of hydrogen-bond acceptors (Lipinski definition) is 3. The van der Waals surface area contributed by atoms with Crippen molar-refractivity contribution in [3.63, 3.8) is 0 Å². The number of rotatable bonds is 11. The predicted octanol–water partition coefficient (Wildman–Crippen LogP) is 3.32. The van der Waals surface area contributed by atoms with Crippen LogP contribution in [0.5, 0.6) is 0 Å². The summed E-state index contributed by atoms with van der Waals surface area (Å²) < 4.78 is 5.59. The molecule has 1 heterocycles. The van der Waals surface area contributed by atoms with Crippen LogP contribution in [0.4, 0.5) is 5.69 Å². The maximum Gasteiger partial charge on any atom is 0.191 e. The van der Waals surface area contributed by atoms with E-state index in [0.717, 1.165) is 58.2 Å². The first-order chi connectivity index (χ1) is 12.8. The third-order valence-corrected chi connectivity index (χ3v) is 4.28. The highest BCUT2D eigenvalue weighted by molar-refractivity contribution is 5.79. The molecule has 144 valence electrons. The van der Waals surface area contributed by atoms with Crippen LogP contribution in [0, 0.1) is 0 Å². The Kier molecular flexibility index (Phi) is 9.65. The summed E-state index contributed by atoms with van der Waals surface area (Å²) in [5.41, 5.74) is 2.50. The second-order valence-corrected chi connectivity index (χ2v) is 6.48. The standard InChI is InChI=1S/C21H34N4O/c1-3-5-16-26-17-8-13-23-21(22-4-2)24-18-19-9-11-20(12-10-19)25-14-6-7-15-25/h6-7,9-12H,3-5,8,13-18H2,1-2H3,(H2,22,23,24). The number of unbranched alkanes of at least 4 members (excludes halogenated alkanes) is 1. The topological polar surface area (TPSA) is 48.9 Å². The molecule has 0 radical (unpaired) electrons. The van der Waals surface area contributed by atoms with E-state index in [1.165, 1.54) is 17.7 Å². The molecule has 0 unspecified atom stereocenters. The minimum atomic E-state index is 0.681. The van der Waals surface area contributed by atoms with Crippen LogP contribution in [0.25, 0.3) is 0 Å². The summed E-state index contributed by atoms with van der Waals surface area (Å²) in [6.45, 7) is 10.4. The summed E-state index contributed by atoms with van der Waals surface area (Å²) in [4.78, 5) is 7.03. The second-order valence-electron chi connectivity index (χ2n) is 6.48. The first kappa shape index (κ1) is 20.3. The first-order valence-electron chi connectivity index (χ1n) is 9.92. The number of aliphatic imine (C=N–C) groups is 1. The van der Waals surface area contributed by atoms with Gasteiger partial charge in [-0.05, 0) is 37.5 Å². The lowest BCUT2D eigenvalue weighted by atomic mass is 10.2. The van der Waals surface area contributed by atoms with Crippen molar-refractivity contribution in [2.24, 2.45) is 4.99 Å². The van der Waals surface area contributed by atoms with E-state index >= 15 is 0 Å². The Morgan fingerprint density at radius 2 is 1.77 bits per heavy atom. The van der Waals surface area contributed by atoms with Gasteiger partial charge in [-0.3, -0.25) is 0 Å². The van der Waals surface area contributed by atoms with Gasteiger partial charge in [0.25, 0.3) is 0 Å². The zero-order valence-electron chi connectivity index (χ0n) is 16.3. The van der Waals surface area contributed by atoms with E-state index in [2.05, 4.69) is 70.8 Å². The summed E-state index contributed by atoms with van der Waals surface area (Å²) in [6.07, 6.45) is 7.74. The quantitative estimate of drug-likeness (QED) is 0.276. The number of nitrogens with one attached hydrogen (secondary N) is 2. The van der Waals surface area contributed by atoms with Gasteiger partial charge in [-0.2, -0.15) is 0 Å². The molecule has 0 aromatic heterocycles. The lowest BCUT2D eigenvalue weighted by molar-refractivity contribution is 0.129. The molecule has 0 atom stereocenters. The van der Waals surface area contributed by atoms with Crippen LogP contribution in [0.1, 0.15) is 38.7 Å². The van der Waals surface area contributed by atoms with Gasteiger partial charge >= 0.3 is 0 Å². The number of benzene rings is 1. The lowest BCUT2D eigenvalue weighted by Crippen LogP contribution is -2.38. The van der Waals surface area contributed by atoms with Crippen LogP contribution < -0.4 is 15.5 Å². The van der Waals surface area contributed by atoms with Crippen molar-refractivity contribution < 1.29 is 4.74 Å². The zero-order chi connectivity index (χ0) is 18.5. The molecule has 5 nitrogen and oxygen atoms in total. The molecule has 0 aliphatic carbocycles. The van der Waals surface area contributed by atoms with Crippen molar-refractivity contribution in [1.29, 1.82) is 0 Å². The highest BCUT2D eigenvalue weighted by Crippen LogP contribution is 2.17.